The zero-order valence-corrected chi connectivity index (χ0v) is 10.9. The summed E-state index contributed by atoms with van der Waals surface area (Å²) in [6, 6.07) is -1.12. The second kappa shape index (κ2) is 6.31. The third-order valence-corrected chi connectivity index (χ3v) is 3.80. The van der Waals surface area contributed by atoms with E-state index in [0.717, 1.165) is 0 Å². The van der Waals surface area contributed by atoms with Crippen LogP contribution in [0, 0.1) is 5.41 Å². The van der Waals surface area contributed by atoms with Gasteiger partial charge in [0.05, 0.1) is 18.1 Å². The average Bonchev–Trinajstić information content (AvgIpc) is 2.84. The molecule has 1 aliphatic carbocycles. The van der Waals surface area contributed by atoms with E-state index in [1.54, 1.807) is 0 Å². The predicted octanol–water partition coefficient (Wildman–Crippen LogP) is -1.15. The van der Waals surface area contributed by atoms with E-state index >= 15 is 0 Å². The lowest BCUT2D eigenvalue weighted by atomic mass is 9.75. The van der Waals surface area contributed by atoms with Gasteiger partial charge in [0.1, 0.15) is 12.2 Å². The highest BCUT2D eigenvalue weighted by Gasteiger charge is 2.52. The van der Waals surface area contributed by atoms with Crippen molar-refractivity contribution in [1.29, 1.82) is 0 Å². The molecule has 0 aliphatic heterocycles. The van der Waals surface area contributed by atoms with Crippen molar-refractivity contribution in [2.75, 3.05) is 6.61 Å². The van der Waals surface area contributed by atoms with Gasteiger partial charge >= 0.3 is 5.97 Å². The van der Waals surface area contributed by atoms with Crippen molar-refractivity contribution >= 4 is 11.9 Å². The van der Waals surface area contributed by atoms with Gasteiger partial charge in [0.2, 0.25) is 5.91 Å². The van der Waals surface area contributed by atoms with Crippen molar-refractivity contribution in [2.24, 2.45) is 5.41 Å². The van der Waals surface area contributed by atoms with Gasteiger partial charge in [-0.15, -0.1) is 0 Å². The molecule has 0 aromatic rings. The van der Waals surface area contributed by atoms with E-state index in [0.29, 0.717) is 25.7 Å². The Labute approximate surface area is 111 Å². The average molecular weight is 275 g/mol. The molecule has 0 aromatic carbocycles. The van der Waals surface area contributed by atoms with E-state index in [1.807, 2.05) is 0 Å². The number of carbonyl (C=O) groups is 2. The Morgan fingerprint density at radius 1 is 1.26 bits per heavy atom. The van der Waals surface area contributed by atoms with Crippen LogP contribution in [-0.4, -0.2) is 57.2 Å². The number of nitrogens with one attached hydrogen (secondary N) is 1. The number of carboxylic acids is 1. The minimum Gasteiger partial charge on any atom is -0.481 e. The minimum absolute atomic E-state index is 0.322. The second-order valence-corrected chi connectivity index (χ2v) is 5.09. The van der Waals surface area contributed by atoms with Gasteiger partial charge < -0.3 is 25.7 Å². The number of carboxylic acid groups (broad SMARTS) is 1. The molecular formula is C12H21NO6. The van der Waals surface area contributed by atoms with Crippen molar-refractivity contribution in [2.45, 2.75) is 50.9 Å². The van der Waals surface area contributed by atoms with Gasteiger partial charge in [-0.05, 0) is 12.8 Å². The smallest absolute Gasteiger partial charge is 0.311 e. The molecule has 1 aliphatic rings. The SMILES string of the molecule is CC(=O)NC(C(O)C(O)CO)C1(C(=O)O)CCCC1. The first kappa shape index (κ1) is 15.9. The lowest BCUT2D eigenvalue weighted by Crippen LogP contribution is -2.59. The summed E-state index contributed by atoms with van der Waals surface area (Å²) in [7, 11) is 0. The fourth-order valence-corrected chi connectivity index (χ4v) is 2.76. The Morgan fingerprint density at radius 2 is 1.79 bits per heavy atom. The summed E-state index contributed by atoms with van der Waals surface area (Å²) in [6.07, 6.45) is -1.00. The van der Waals surface area contributed by atoms with Gasteiger partial charge in [0, 0.05) is 6.92 Å². The van der Waals surface area contributed by atoms with Gasteiger partial charge in [0.15, 0.2) is 0 Å². The lowest BCUT2D eigenvalue weighted by molar-refractivity contribution is -0.156. The third kappa shape index (κ3) is 3.23. The Balaban J connectivity index is 3.06. The van der Waals surface area contributed by atoms with Crippen LogP contribution in [0.15, 0.2) is 0 Å². The molecule has 1 fully saturated rings. The number of aliphatic hydroxyl groups is 3. The summed E-state index contributed by atoms with van der Waals surface area (Å²) in [5.41, 5.74) is -1.29. The minimum atomic E-state index is -1.52. The number of hydrogen-bond acceptors (Lipinski definition) is 5. The molecule has 7 nitrogen and oxygen atoms in total. The first-order valence-electron chi connectivity index (χ1n) is 6.32. The number of aliphatic carboxylic acids is 1. The summed E-state index contributed by atoms with van der Waals surface area (Å²) < 4.78 is 0. The molecule has 7 heteroatoms. The normalized spacial score (nSPS) is 22.5. The zero-order chi connectivity index (χ0) is 14.6. The monoisotopic (exact) mass is 275 g/mol. The van der Waals surface area contributed by atoms with E-state index in [9.17, 15) is 24.9 Å². The molecule has 1 saturated carbocycles. The quantitative estimate of drug-likeness (QED) is 0.416. The highest BCUT2D eigenvalue weighted by atomic mass is 16.4. The summed E-state index contributed by atoms with van der Waals surface area (Å²) >= 11 is 0. The van der Waals surface area contributed by atoms with Crippen molar-refractivity contribution < 1.29 is 30.0 Å². The van der Waals surface area contributed by atoms with Crippen LogP contribution in [0.4, 0.5) is 0 Å². The maximum atomic E-state index is 11.6. The highest BCUT2D eigenvalue weighted by molar-refractivity contribution is 5.79. The summed E-state index contributed by atoms with van der Waals surface area (Å²) in [5, 5.41) is 40.3. The topological polar surface area (TPSA) is 127 Å². The van der Waals surface area contributed by atoms with E-state index < -0.39 is 42.1 Å². The molecule has 1 rings (SSSR count). The summed E-state index contributed by atoms with van der Waals surface area (Å²) in [4.78, 5) is 22.8. The van der Waals surface area contributed by atoms with E-state index in [4.69, 9.17) is 5.11 Å². The van der Waals surface area contributed by atoms with E-state index in [2.05, 4.69) is 5.32 Å². The fourth-order valence-electron chi connectivity index (χ4n) is 2.76. The van der Waals surface area contributed by atoms with E-state index in [1.165, 1.54) is 6.92 Å². The predicted molar refractivity (Wildman–Crippen MR) is 65.2 cm³/mol. The van der Waals surface area contributed by atoms with Crippen LogP contribution in [-0.2, 0) is 9.59 Å². The number of aliphatic hydroxyl groups excluding tert-OH is 3. The molecule has 3 atom stereocenters. The highest BCUT2D eigenvalue weighted by Crippen LogP contribution is 2.42. The molecule has 0 bridgehead atoms. The molecule has 110 valence electrons. The fraction of sp³-hybridized carbons (Fsp3) is 0.833. The van der Waals surface area contributed by atoms with Gasteiger partial charge in [0.25, 0.3) is 0 Å². The summed E-state index contributed by atoms with van der Waals surface area (Å²) in [6.45, 7) is 0.516. The van der Waals surface area contributed by atoms with Gasteiger partial charge in [-0.25, -0.2) is 0 Å². The second-order valence-electron chi connectivity index (χ2n) is 5.09. The maximum Gasteiger partial charge on any atom is 0.311 e. The van der Waals surface area contributed by atoms with Gasteiger partial charge in [-0.2, -0.15) is 0 Å². The number of carbonyl (C=O) groups excluding carboxylic acids is 1. The van der Waals surface area contributed by atoms with Gasteiger partial charge in [-0.3, -0.25) is 9.59 Å². The Hall–Kier alpha value is -1.18. The van der Waals surface area contributed by atoms with Crippen molar-refractivity contribution in [3.63, 3.8) is 0 Å². The van der Waals surface area contributed by atoms with Crippen molar-refractivity contribution in [3.05, 3.63) is 0 Å². The third-order valence-electron chi connectivity index (χ3n) is 3.80. The molecule has 19 heavy (non-hydrogen) atoms. The molecule has 0 saturated heterocycles. The molecule has 0 aromatic heterocycles. The lowest BCUT2D eigenvalue weighted by Gasteiger charge is -2.38. The molecular weight excluding hydrogens is 254 g/mol. The standard InChI is InChI=1S/C12H21NO6/c1-7(15)13-10(9(17)8(16)6-14)12(11(18)19)4-2-3-5-12/h8-10,14,16-17H,2-6H2,1H3,(H,13,15)(H,18,19). The molecule has 5 N–H and O–H groups in total. The van der Waals surface area contributed by atoms with Crippen LogP contribution in [0.25, 0.3) is 0 Å². The molecule has 0 heterocycles. The molecule has 0 radical (unpaired) electrons. The largest absolute Gasteiger partial charge is 0.481 e. The van der Waals surface area contributed by atoms with Crippen LogP contribution < -0.4 is 5.32 Å². The summed E-state index contributed by atoms with van der Waals surface area (Å²) in [5.74, 6) is -1.59. The zero-order valence-electron chi connectivity index (χ0n) is 10.9. The van der Waals surface area contributed by atoms with Crippen LogP contribution in [0.5, 0.6) is 0 Å². The van der Waals surface area contributed by atoms with Gasteiger partial charge in [-0.1, -0.05) is 12.8 Å². The first-order valence-corrected chi connectivity index (χ1v) is 6.32. The molecule has 3 unspecified atom stereocenters. The number of amides is 1. The van der Waals surface area contributed by atoms with Crippen LogP contribution in [0.1, 0.15) is 32.6 Å². The van der Waals surface area contributed by atoms with Crippen molar-refractivity contribution in [3.8, 4) is 0 Å². The van der Waals surface area contributed by atoms with Crippen LogP contribution in [0.2, 0.25) is 0 Å². The van der Waals surface area contributed by atoms with Crippen molar-refractivity contribution in [1.82, 2.24) is 5.32 Å². The Bertz CT molecular complexity index is 339. The number of rotatable bonds is 6. The Kier molecular flexibility index (Phi) is 5.28. The number of hydrogen-bond donors (Lipinski definition) is 5. The Morgan fingerprint density at radius 3 is 2.16 bits per heavy atom. The maximum absolute atomic E-state index is 11.6. The molecule has 0 spiro atoms. The van der Waals surface area contributed by atoms with Crippen LogP contribution >= 0.6 is 0 Å². The molecule has 1 amide bonds. The first-order chi connectivity index (χ1) is 8.85. The van der Waals surface area contributed by atoms with E-state index in [-0.39, 0.29) is 0 Å². The van der Waals surface area contributed by atoms with Crippen LogP contribution in [0.3, 0.4) is 0 Å².